The van der Waals surface area contributed by atoms with Gasteiger partial charge in [-0.25, -0.2) is 4.98 Å². The second kappa shape index (κ2) is 5.81. The van der Waals surface area contributed by atoms with Crippen LogP contribution in [0.25, 0.3) is 0 Å². The topological polar surface area (TPSA) is 73.7 Å². The van der Waals surface area contributed by atoms with Gasteiger partial charge in [0.1, 0.15) is 0 Å². The van der Waals surface area contributed by atoms with Crippen molar-refractivity contribution < 1.29 is 14.7 Å². The van der Waals surface area contributed by atoms with Gasteiger partial charge in [-0.2, -0.15) is 0 Å². The Kier molecular flexibility index (Phi) is 3.88. The number of hydrogen-bond donors (Lipinski definition) is 1. The molecule has 1 aliphatic carbocycles. The van der Waals surface area contributed by atoms with Gasteiger partial charge in [0.05, 0.1) is 23.7 Å². The van der Waals surface area contributed by atoms with E-state index in [1.807, 2.05) is 22.1 Å². The molecule has 6 nitrogen and oxygen atoms in total. The van der Waals surface area contributed by atoms with Crippen molar-refractivity contribution in [3.05, 3.63) is 16.1 Å². The van der Waals surface area contributed by atoms with Crippen LogP contribution in [-0.2, 0) is 16.0 Å². The smallest absolute Gasteiger partial charge is 0.228 e. The first-order valence-corrected chi connectivity index (χ1v) is 9.47. The van der Waals surface area contributed by atoms with Crippen molar-refractivity contribution in [2.45, 2.75) is 26.2 Å². The predicted octanol–water partition coefficient (Wildman–Crippen LogP) is 0.683. The summed E-state index contributed by atoms with van der Waals surface area (Å²) in [6, 6.07) is 0. The fraction of sp³-hybridized carbons (Fsp3) is 0.706. The molecule has 2 saturated heterocycles. The lowest BCUT2D eigenvalue weighted by Crippen LogP contribution is -2.41. The quantitative estimate of drug-likeness (QED) is 0.868. The first-order valence-electron chi connectivity index (χ1n) is 8.59. The number of rotatable bonds is 4. The Labute approximate surface area is 145 Å². The van der Waals surface area contributed by atoms with Crippen molar-refractivity contribution in [3.8, 4) is 0 Å². The van der Waals surface area contributed by atoms with Crippen LogP contribution < -0.4 is 0 Å². The molecule has 1 aromatic rings. The molecule has 2 amide bonds. The van der Waals surface area contributed by atoms with Gasteiger partial charge in [0, 0.05) is 48.8 Å². The van der Waals surface area contributed by atoms with E-state index in [1.54, 1.807) is 11.3 Å². The van der Waals surface area contributed by atoms with Gasteiger partial charge >= 0.3 is 0 Å². The minimum absolute atomic E-state index is 0.0334. The highest BCUT2D eigenvalue weighted by atomic mass is 32.1. The number of thiazole rings is 1. The Balaban J connectivity index is 1.41. The molecule has 0 aromatic carbocycles. The number of aliphatic hydroxyl groups is 1. The molecular formula is C17H23N3O3S. The number of aromatic nitrogens is 1. The van der Waals surface area contributed by atoms with E-state index in [1.165, 1.54) is 0 Å². The van der Waals surface area contributed by atoms with Crippen molar-refractivity contribution in [1.82, 2.24) is 14.8 Å². The van der Waals surface area contributed by atoms with Crippen LogP contribution in [0, 0.1) is 24.2 Å². The van der Waals surface area contributed by atoms with Gasteiger partial charge in [0.25, 0.3) is 0 Å². The fourth-order valence-electron chi connectivity index (χ4n) is 4.11. The Morgan fingerprint density at radius 3 is 2.62 bits per heavy atom. The summed E-state index contributed by atoms with van der Waals surface area (Å²) in [7, 11) is 0. The monoisotopic (exact) mass is 349 g/mol. The third-order valence-corrected chi connectivity index (χ3v) is 6.49. The number of nitrogens with zero attached hydrogens (tertiary/aromatic N) is 3. The molecule has 0 unspecified atom stereocenters. The summed E-state index contributed by atoms with van der Waals surface area (Å²) in [5.41, 5.74) is 0.487. The summed E-state index contributed by atoms with van der Waals surface area (Å²) in [4.78, 5) is 33.0. The van der Waals surface area contributed by atoms with Crippen LogP contribution in [0.1, 0.15) is 23.5 Å². The van der Waals surface area contributed by atoms with Crippen molar-refractivity contribution in [2.24, 2.45) is 17.3 Å². The highest BCUT2D eigenvalue weighted by Gasteiger charge is 2.55. The largest absolute Gasteiger partial charge is 0.396 e. The maximum Gasteiger partial charge on any atom is 0.228 e. The zero-order valence-corrected chi connectivity index (χ0v) is 14.7. The predicted molar refractivity (Wildman–Crippen MR) is 89.4 cm³/mol. The number of aryl methyl sites for hydroxylation is 1. The summed E-state index contributed by atoms with van der Waals surface area (Å²) in [5, 5.41) is 12.9. The van der Waals surface area contributed by atoms with Crippen molar-refractivity contribution >= 4 is 23.2 Å². The van der Waals surface area contributed by atoms with E-state index in [0.717, 1.165) is 23.5 Å². The molecule has 0 bridgehead atoms. The van der Waals surface area contributed by atoms with Crippen molar-refractivity contribution in [3.63, 3.8) is 0 Å². The summed E-state index contributed by atoms with van der Waals surface area (Å²) in [6.45, 7) is 4.41. The molecule has 1 aromatic heterocycles. The van der Waals surface area contributed by atoms with Gasteiger partial charge in [-0.3, -0.25) is 9.59 Å². The van der Waals surface area contributed by atoms with E-state index in [-0.39, 0.29) is 35.7 Å². The fourth-order valence-corrected chi connectivity index (χ4v) is 4.72. The van der Waals surface area contributed by atoms with Gasteiger partial charge in [-0.1, -0.05) is 0 Å². The maximum absolute atomic E-state index is 12.6. The van der Waals surface area contributed by atoms with E-state index in [2.05, 4.69) is 4.98 Å². The normalized spacial score (nSPS) is 29.2. The Morgan fingerprint density at radius 2 is 2.04 bits per heavy atom. The van der Waals surface area contributed by atoms with Gasteiger partial charge < -0.3 is 14.9 Å². The number of hydrogen-bond acceptors (Lipinski definition) is 5. The number of aliphatic hydroxyl groups excluding tert-OH is 1. The van der Waals surface area contributed by atoms with Crippen LogP contribution in [0.4, 0.5) is 0 Å². The van der Waals surface area contributed by atoms with E-state index < -0.39 is 0 Å². The van der Waals surface area contributed by atoms with Gasteiger partial charge in [0.15, 0.2) is 0 Å². The van der Waals surface area contributed by atoms with E-state index >= 15 is 0 Å². The highest BCUT2D eigenvalue weighted by Crippen LogP contribution is 2.44. The summed E-state index contributed by atoms with van der Waals surface area (Å²) in [6.07, 6.45) is 2.33. The number of carbonyl (C=O) groups is 2. The Morgan fingerprint density at radius 1 is 1.33 bits per heavy atom. The lowest BCUT2D eigenvalue weighted by Gasteiger charge is -2.27. The summed E-state index contributed by atoms with van der Waals surface area (Å²) in [5.74, 6) is 0.715. The van der Waals surface area contributed by atoms with Crippen LogP contribution >= 0.6 is 11.3 Å². The van der Waals surface area contributed by atoms with Crippen LogP contribution in [0.5, 0.6) is 0 Å². The van der Waals surface area contributed by atoms with Gasteiger partial charge in [-0.05, 0) is 19.8 Å². The molecule has 7 heteroatoms. The van der Waals surface area contributed by atoms with E-state index in [4.69, 9.17) is 0 Å². The molecule has 4 rings (SSSR count). The molecule has 0 spiro atoms. The average Bonchev–Trinajstić information content (AvgIpc) is 3.09. The second-order valence-corrected chi connectivity index (χ2v) is 8.58. The standard InChI is InChI=1S/C17H23N3O3S/c1-11-18-14(7-24-11)4-15(22)19-5-13-6-20(16(23)12-2-3-12)9-17(13,8-19)10-21/h7,12-13,21H,2-6,8-10H2,1H3/t13-,17+/m0/s1. The molecule has 2 aliphatic heterocycles. The molecule has 24 heavy (non-hydrogen) atoms. The second-order valence-electron chi connectivity index (χ2n) is 7.52. The minimum atomic E-state index is -0.335. The number of carbonyl (C=O) groups excluding carboxylic acids is 2. The van der Waals surface area contributed by atoms with Gasteiger partial charge in [-0.15, -0.1) is 11.3 Å². The molecule has 3 aliphatic rings. The zero-order chi connectivity index (χ0) is 16.9. The molecule has 3 heterocycles. The molecule has 3 fully saturated rings. The van der Waals surface area contributed by atoms with Crippen LogP contribution in [0.15, 0.2) is 5.38 Å². The van der Waals surface area contributed by atoms with Crippen LogP contribution in [0.2, 0.25) is 0 Å². The molecule has 130 valence electrons. The van der Waals surface area contributed by atoms with Crippen LogP contribution in [0.3, 0.4) is 0 Å². The van der Waals surface area contributed by atoms with Crippen molar-refractivity contribution in [1.29, 1.82) is 0 Å². The number of fused-ring (bicyclic) bond motifs is 1. The molecule has 2 atom stereocenters. The SMILES string of the molecule is Cc1nc(CC(=O)N2C[C@H]3CN(C(=O)C4CC4)C[C@@]3(CO)C2)cs1. The lowest BCUT2D eigenvalue weighted by atomic mass is 9.82. The van der Waals surface area contributed by atoms with E-state index in [9.17, 15) is 14.7 Å². The first kappa shape index (κ1) is 16.0. The lowest BCUT2D eigenvalue weighted by molar-refractivity contribution is -0.132. The highest BCUT2D eigenvalue weighted by molar-refractivity contribution is 7.09. The van der Waals surface area contributed by atoms with Crippen molar-refractivity contribution in [2.75, 3.05) is 32.8 Å². The summed E-state index contributed by atoms with van der Waals surface area (Å²) >= 11 is 1.56. The van der Waals surface area contributed by atoms with E-state index in [0.29, 0.717) is 32.6 Å². The Bertz CT molecular complexity index is 672. The zero-order valence-electron chi connectivity index (χ0n) is 13.9. The summed E-state index contributed by atoms with van der Waals surface area (Å²) < 4.78 is 0. The average molecular weight is 349 g/mol. The maximum atomic E-state index is 12.6. The first-order chi connectivity index (χ1) is 11.5. The van der Waals surface area contributed by atoms with Crippen LogP contribution in [-0.4, -0.2) is 64.5 Å². The molecule has 1 saturated carbocycles. The molecule has 1 N–H and O–H groups in total. The Hall–Kier alpha value is -1.47. The number of likely N-dealkylation sites (tertiary alicyclic amines) is 2. The molecular weight excluding hydrogens is 326 g/mol. The van der Waals surface area contributed by atoms with Gasteiger partial charge in [0.2, 0.25) is 11.8 Å². The minimum Gasteiger partial charge on any atom is -0.396 e. The molecule has 0 radical (unpaired) electrons. The third-order valence-electron chi connectivity index (χ3n) is 5.66. The third kappa shape index (κ3) is 2.73. The number of amides is 2.